The maximum atomic E-state index is 13.2. The number of nitrogens with one attached hydrogen (secondary N) is 1. The summed E-state index contributed by atoms with van der Waals surface area (Å²) in [5, 5.41) is 9.06. The second-order valence-electron chi connectivity index (χ2n) is 11.1. The molecule has 4 fully saturated rings. The average Bonchev–Trinajstić information content (AvgIpc) is 3.06. The number of hydrogen-bond acceptors (Lipinski definition) is 3. The first-order chi connectivity index (χ1) is 15.9. The van der Waals surface area contributed by atoms with E-state index < -0.39 is 0 Å². The van der Waals surface area contributed by atoms with Crippen molar-refractivity contribution < 1.29 is 4.79 Å². The molecule has 4 aliphatic carbocycles. The number of hydrogen-bond donors (Lipinski definition) is 1. The molecule has 7 rings (SSSR count). The van der Waals surface area contributed by atoms with Crippen LogP contribution in [-0.2, 0) is 18.4 Å². The second-order valence-corrected chi connectivity index (χ2v) is 11.1. The standard InChI is InChI=1S/C27H32N4O2/c1-17-8-21(29-30(17)2)16-31-7-6-22-23(26(31)33)4-3-5-24(22)28-25(32)15-27-12-18-9-19(13-27)11-20(10-18)14-27/h3-8,18-20H,9-16H2,1-2H3,(H,28,32). The van der Waals surface area contributed by atoms with Crippen LogP contribution in [0.1, 0.15) is 56.3 Å². The van der Waals surface area contributed by atoms with Gasteiger partial charge in [-0.3, -0.25) is 14.3 Å². The molecule has 4 saturated carbocycles. The molecule has 6 heteroatoms. The summed E-state index contributed by atoms with van der Waals surface area (Å²) in [5.41, 5.74) is 2.80. The number of anilines is 1. The Labute approximate surface area is 194 Å². The number of nitrogens with zero attached hydrogens (tertiary/aromatic N) is 3. The quantitative estimate of drug-likeness (QED) is 0.623. The number of amides is 1. The van der Waals surface area contributed by atoms with E-state index in [2.05, 4.69) is 10.4 Å². The molecule has 2 aromatic heterocycles. The first kappa shape index (κ1) is 20.7. The lowest BCUT2D eigenvalue weighted by Gasteiger charge is -2.56. The molecular weight excluding hydrogens is 412 g/mol. The molecule has 0 saturated heterocycles. The van der Waals surface area contributed by atoms with Gasteiger partial charge in [0, 0.05) is 41.8 Å². The van der Waals surface area contributed by atoms with E-state index in [1.54, 1.807) is 4.57 Å². The van der Waals surface area contributed by atoms with E-state index in [9.17, 15) is 9.59 Å². The molecule has 0 spiro atoms. The van der Waals surface area contributed by atoms with Crippen LogP contribution in [0, 0.1) is 30.1 Å². The van der Waals surface area contributed by atoms with E-state index in [1.807, 2.05) is 55.2 Å². The molecule has 0 aliphatic heterocycles. The predicted molar refractivity (Wildman–Crippen MR) is 129 cm³/mol. The topological polar surface area (TPSA) is 68.9 Å². The van der Waals surface area contributed by atoms with Gasteiger partial charge in [0.2, 0.25) is 5.91 Å². The van der Waals surface area contributed by atoms with Gasteiger partial charge in [0.25, 0.3) is 5.56 Å². The van der Waals surface area contributed by atoms with Gasteiger partial charge in [-0.15, -0.1) is 0 Å². The molecule has 4 aliphatic rings. The Morgan fingerprint density at radius 1 is 1.09 bits per heavy atom. The fourth-order valence-corrected chi connectivity index (χ4v) is 7.48. The summed E-state index contributed by atoms with van der Waals surface area (Å²) in [7, 11) is 1.90. The van der Waals surface area contributed by atoms with E-state index in [-0.39, 0.29) is 16.9 Å². The van der Waals surface area contributed by atoms with Crippen LogP contribution in [0.5, 0.6) is 0 Å². The molecule has 3 aromatic rings. The van der Waals surface area contributed by atoms with Crippen molar-refractivity contribution in [1.82, 2.24) is 14.3 Å². The van der Waals surface area contributed by atoms with Gasteiger partial charge in [-0.25, -0.2) is 0 Å². The highest BCUT2D eigenvalue weighted by Gasteiger charge is 2.51. The van der Waals surface area contributed by atoms with Crippen molar-refractivity contribution >= 4 is 22.4 Å². The molecule has 0 radical (unpaired) electrons. The maximum absolute atomic E-state index is 13.2. The SMILES string of the molecule is Cc1cc(Cn2ccc3c(NC(=O)CC45CC6CC(CC(C6)C4)C5)cccc3c2=O)nn1C. The van der Waals surface area contributed by atoms with Crippen LogP contribution in [0.2, 0.25) is 0 Å². The molecule has 172 valence electrons. The summed E-state index contributed by atoms with van der Waals surface area (Å²) in [5.74, 6) is 2.60. The Morgan fingerprint density at radius 2 is 1.79 bits per heavy atom. The summed E-state index contributed by atoms with van der Waals surface area (Å²) in [4.78, 5) is 26.3. The monoisotopic (exact) mass is 444 g/mol. The molecule has 4 bridgehead atoms. The Hall–Kier alpha value is -2.89. The molecule has 0 unspecified atom stereocenters. The molecule has 6 nitrogen and oxygen atoms in total. The third-order valence-corrected chi connectivity index (χ3v) is 8.49. The first-order valence-corrected chi connectivity index (χ1v) is 12.3. The van der Waals surface area contributed by atoms with Crippen LogP contribution < -0.4 is 10.9 Å². The van der Waals surface area contributed by atoms with Gasteiger partial charge in [-0.1, -0.05) is 6.07 Å². The van der Waals surface area contributed by atoms with Crippen molar-refractivity contribution in [2.45, 2.75) is 58.4 Å². The molecule has 33 heavy (non-hydrogen) atoms. The van der Waals surface area contributed by atoms with Gasteiger partial charge in [-0.2, -0.15) is 5.10 Å². The van der Waals surface area contributed by atoms with Gasteiger partial charge in [0.15, 0.2) is 0 Å². The Kier molecular flexibility index (Phi) is 4.75. The highest BCUT2D eigenvalue weighted by Crippen LogP contribution is 2.61. The van der Waals surface area contributed by atoms with E-state index in [0.29, 0.717) is 18.4 Å². The highest BCUT2D eigenvalue weighted by atomic mass is 16.1. The molecule has 1 aromatic carbocycles. The first-order valence-electron chi connectivity index (χ1n) is 12.3. The average molecular weight is 445 g/mol. The van der Waals surface area contributed by atoms with Crippen molar-refractivity contribution in [3.05, 3.63) is 58.3 Å². The van der Waals surface area contributed by atoms with Gasteiger partial charge >= 0.3 is 0 Å². The summed E-state index contributed by atoms with van der Waals surface area (Å²) in [6.45, 7) is 2.43. The molecule has 0 atom stereocenters. The van der Waals surface area contributed by atoms with E-state index in [4.69, 9.17) is 0 Å². The number of carbonyl (C=O) groups is 1. The van der Waals surface area contributed by atoms with E-state index >= 15 is 0 Å². The largest absolute Gasteiger partial charge is 0.325 e. The Morgan fingerprint density at radius 3 is 2.42 bits per heavy atom. The lowest BCUT2D eigenvalue weighted by Crippen LogP contribution is -2.47. The van der Waals surface area contributed by atoms with Crippen LogP contribution in [-0.4, -0.2) is 20.3 Å². The van der Waals surface area contributed by atoms with E-state index in [1.165, 1.54) is 38.5 Å². The minimum absolute atomic E-state index is 0.0620. The third kappa shape index (κ3) is 3.69. The number of fused-ring (bicyclic) bond motifs is 1. The Bertz CT molecular complexity index is 1250. The lowest BCUT2D eigenvalue weighted by atomic mass is 9.49. The number of rotatable bonds is 5. The summed E-state index contributed by atoms with van der Waals surface area (Å²) in [6.07, 6.45) is 10.2. The second kappa shape index (κ2) is 7.57. The number of aromatic nitrogens is 3. The summed E-state index contributed by atoms with van der Waals surface area (Å²) >= 11 is 0. The van der Waals surface area contributed by atoms with Gasteiger partial charge in [-0.05, 0) is 92.9 Å². The normalized spacial score (nSPS) is 27.9. The van der Waals surface area contributed by atoms with Crippen molar-refractivity contribution in [3.63, 3.8) is 0 Å². The van der Waals surface area contributed by atoms with Crippen molar-refractivity contribution in [2.24, 2.45) is 30.2 Å². The lowest BCUT2D eigenvalue weighted by molar-refractivity contribution is -0.124. The predicted octanol–water partition coefficient (Wildman–Crippen LogP) is 4.64. The van der Waals surface area contributed by atoms with Gasteiger partial charge in [0.05, 0.1) is 12.2 Å². The van der Waals surface area contributed by atoms with Crippen LogP contribution in [0.4, 0.5) is 5.69 Å². The van der Waals surface area contributed by atoms with Crippen molar-refractivity contribution in [2.75, 3.05) is 5.32 Å². The van der Waals surface area contributed by atoms with Crippen LogP contribution in [0.3, 0.4) is 0 Å². The minimum atomic E-state index is -0.0620. The molecule has 1 amide bonds. The van der Waals surface area contributed by atoms with Crippen molar-refractivity contribution in [3.8, 4) is 0 Å². The summed E-state index contributed by atoms with van der Waals surface area (Å²) in [6, 6.07) is 9.54. The Balaban J connectivity index is 1.23. The number of aryl methyl sites for hydroxylation is 2. The van der Waals surface area contributed by atoms with Gasteiger partial charge < -0.3 is 9.88 Å². The zero-order valence-electron chi connectivity index (χ0n) is 19.5. The van der Waals surface area contributed by atoms with Crippen molar-refractivity contribution in [1.29, 1.82) is 0 Å². The zero-order chi connectivity index (χ0) is 22.7. The van der Waals surface area contributed by atoms with Crippen LogP contribution >= 0.6 is 0 Å². The number of benzene rings is 1. The third-order valence-electron chi connectivity index (χ3n) is 8.49. The fraction of sp³-hybridized carbons (Fsp3) is 0.519. The van der Waals surface area contributed by atoms with E-state index in [0.717, 1.165) is 40.2 Å². The molecular formula is C27H32N4O2. The fourth-order valence-electron chi connectivity index (χ4n) is 7.48. The summed E-state index contributed by atoms with van der Waals surface area (Å²) < 4.78 is 3.50. The highest BCUT2D eigenvalue weighted by molar-refractivity contribution is 6.02. The van der Waals surface area contributed by atoms with Gasteiger partial charge in [0.1, 0.15) is 0 Å². The molecule has 2 heterocycles. The maximum Gasteiger partial charge on any atom is 0.258 e. The van der Waals surface area contributed by atoms with Crippen LogP contribution in [0.15, 0.2) is 41.3 Å². The molecule has 1 N–H and O–H groups in total. The minimum Gasteiger partial charge on any atom is -0.325 e. The smallest absolute Gasteiger partial charge is 0.258 e. The zero-order valence-corrected chi connectivity index (χ0v) is 19.5. The number of carbonyl (C=O) groups excluding carboxylic acids is 1. The number of pyridine rings is 1. The van der Waals surface area contributed by atoms with Crippen LogP contribution in [0.25, 0.3) is 10.8 Å².